The Kier molecular flexibility index (Phi) is 6.16. The quantitative estimate of drug-likeness (QED) is 0.650. The molecule has 0 atom stereocenters. The third-order valence-electron chi connectivity index (χ3n) is 3.31. The summed E-state index contributed by atoms with van der Waals surface area (Å²) in [6, 6.07) is 7.93. The van der Waals surface area contributed by atoms with Crippen LogP contribution < -0.4 is 13.8 Å². The summed E-state index contributed by atoms with van der Waals surface area (Å²) in [6.45, 7) is 5.22. The third-order valence-corrected chi connectivity index (χ3v) is 8.48. The van der Waals surface area contributed by atoms with Gasteiger partial charge in [-0.3, -0.25) is 0 Å². The molecule has 140 valence electrons. The van der Waals surface area contributed by atoms with Crippen LogP contribution in [-0.4, -0.2) is 35.1 Å². The Morgan fingerprint density at radius 2 is 1.77 bits per heavy atom. The Hall–Kier alpha value is -1.83. The van der Waals surface area contributed by atoms with Gasteiger partial charge in [0, 0.05) is 0 Å². The molecule has 2 aromatic rings. The van der Waals surface area contributed by atoms with E-state index < -0.39 is 35.9 Å². The standard InChI is InChI=1S/C16H16FN2O3.3CH3.Sn/c1-16(2,3)22-15(20)19-14-5-4-12(10-13(14)17)21-11-6-8-18-9-7-11;;;;/h4-8,10H,1-3H3,(H,19,20);3*1H3;. The van der Waals surface area contributed by atoms with Gasteiger partial charge in [0.1, 0.15) is 0 Å². The molecule has 0 radical (unpaired) electrons. The predicted molar refractivity (Wildman–Crippen MR) is 104 cm³/mol. The monoisotopic (exact) mass is 468 g/mol. The first kappa shape index (κ1) is 20.5. The van der Waals surface area contributed by atoms with Crippen LogP contribution in [0.3, 0.4) is 0 Å². The van der Waals surface area contributed by atoms with E-state index in [0.717, 1.165) is 3.71 Å². The summed E-state index contributed by atoms with van der Waals surface area (Å²) in [5.41, 5.74) is -0.617. The van der Waals surface area contributed by atoms with Crippen LogP contribution in [0, 0.1) is 5.82 Å². The number of pyridine rings is 1. The number of carbonyl (C=O) groups excluding carboxylic acids is 1. The number of halogens is 1. The summed E-state index contributed by atoms with van der Waals surface area (Å²) in [4.78, 5) is 23.0. The number of nitrogens with zero attached hydrogens (tertiary/aromatic N) is 1. The molecule has 0 bridgehead atoms. The van der Waals surface area contributed by atoms with Crippen LogP contribution >= 0.6 is 0 Å². The molecule has 0 aliphatic carbocycles. The Bertz CT molecular complexity index is 798. The van der Waals surface area contributed by atoms with Crippen molar-refractivity contribution in [2.75, 3.05) is 5.32 Å². The van der Waals surface area contributed by atoms with Crippen LogP contribution in [0.1, 0.15) is 20.8 Å². The number of anilines is 1. The summed E-state index contributed by atoms with van der Waals surface area (Å²) in [5, 5.41) is 2.39. The molecule has 7 heteroatoms. The van der Waals surface area contributed by atoms with Gasteiger partial charge in [-0.15, -0.1) is 0 Å². The van der Waals surface area contributed by atoms with E-state index in [1.54, 1.807) is 39.1 Å². The average Bonchev–Trinajstić information content (AvgIpc) is 2.47. The molecular formula is C19H25FN2O3Sn. The fraction of sp³-hybridized carbons (Fsp3) is 0.368. The van der Waals surface area contributed by atoms with E-state index in [0.29, 0.717) is 11.5 Å². The van der Waals surface area contributed by atoms with E-state index in [1.807, 2.05) is 6.07 Å². The molecular weight excluding hydrogens is 442 g/mol. The summed E-state index contributed by atoms with van der Waals surface area (Å²) in [7, 11) is 0. The molecule has 1 aromatic carbocycles. The maximum atomic E-state index is 14.3. The van der Waals surface area contributed by atoms with Gasteiger partial charge >= 0.3 is 137 Å². The first-order valence-electron chi connectivity index (χ1n) is 8.38. The molecule has 1 aromatic heterocycles. The number of benzene rings is 1. The van der Waals surface area contributed by atoms with Crippen molar-refractivity contribution in [3.8, 4) is 11.5 Å². The Balaban J connectivity index is 2.11. The van der Waals surface area contributed by atoms with Crippen molar-refractivity contribution in [1.82, 2.24) is 4.98 Å². The Morgan fingerprint density at radius 1 is 1.12 bits per heavy atom. The molecule has 26 heavy (non-hydrogen) atoms. The van der Waals surface area contributed by atoms with Gasteiger partial charge in [-0.1, -0.05) is 0 Å². The summed E-state index contributed by atoms with van der Waals surface area (Å²) >= 11 is -2.31. The second-order valence-corrected chi connectivity index (χ2v) is 22.3. The van der Waals surface area contributed by atoms with E-state index in [2.05, 4.69) is 25.1 Å². The summed E-state index contributed by atoms with van der Waals surface area (Å²) in [5.74, 6) is 0.366. The van der Waals surface area contributed by atoms with Gasteiger partial charge in [0.2, 0.25) is 0 Å². The number of hydrogen-bond donors (Lipinski definition) is 1. The van der Waals surface area contributed by atoms with Crippen molar-refractivity contribution in [1.29, 1.82) is 0 Å². The molecule has 0 saturated carbocycles. The van der Waals surface area contributed by atoms with Crippen LogP contribution in [0.2, 0.25) is 14.8 Å². The summed E-state index contributed by atoms with van der Waals surface area (Å²) < 4.78 is 26.2. The zero-order valence-corrected chi connectivity index (χ0v) is 18.9. The number of aromatic nitrogens is 1. The van der Waals surface area contributed by atoms with Crippen molar-refractivity contribution in [3.05, 3.63) is 42.3 Å². The molecule has 1 heterocycles. The first-order chi connectivity index (χ1) is 11.9. The van der Waals surface area contributed by atoms with Crippen molar-refractivity contribution < 1.29 is 18.7 Å². The van der Waals surface area contributed by atoms with Gasteiger partial charge in [0.05, 0.1) is 0 Å². The minimum absolute atomic E-state index is 0.0351. The van der Waals surface area contributed by atoms with Gasteiger partial charge in [0.15, 0.2) is 0 Å². The maximum absolute atomic E-state index is 14.3. The van der Waals surface area contributed by atoms with E-state index >= 15 is 0 Å². The normalized spacial score (nSPS) is 11.8. The van der Waals surface area contributed by atoms with Gasteiger partial charge in [-0.2, -0.15) is 0 Å². The SMILES string of the molecule is CC(C)(C)OC(=O)Nc1ccc(Oc2ccn[c]([Sn]([CH3])([CH3])[CH3])c2)cc1F. The number of carbonyl (C=O) groups is 1. The number of rotatable bonds is 4. The van der Waals surface area contributed by atoms with Crippen molar-refractivity contribution in [3.63, 3.8) is 0 Å². The van der Waals surface area contributed by atoms with Gasteiger partial charge in [0.25, 0.3) is 0 Å². The fourth-order valence-corrected chi connectivity index (χ4v) is 5.06. The van der Waals surface area contributed by atoms with Gasteiger partial charge in [-0.25, -0.2) is 0 Å². The number of nitrogens with one attached hydrogen (secondary N) is 1. The van der Waals surface area contributed by atoms with Crippen LogP contribution in [0.4, 0.5) is 14.9 Å². The topological polar surface area (TPSA) is 60.5 Å². The molecule has 1 N–H and O–H groups in total. The molecule has 0 fully saturated rings. The fourth-order valence-electron chi connectivity index (χ4n) is 2.10. The Labute approximate surface area is 157 Å². The molecule has 5 nitrogen and oxygen atoms in total. The molecule has 0 aliphatic heterocycles. The van der Waals surface area contributed by atoms with E-state index in [1.165, 1.54) is 12.1 Å². The van der Waals surface area contributed by atoms with Crippen LogP contribution in [0.15, 0.2) is 36.5 Å². The van der Waals surface area contributed by atoms with Crippen molar-refractivity contribution in [2.24, 2.45) is 0 Å². The van der Waals surface area contributed by atoms with Gasteiger partial charge < -0.3 is 0 Å². The van der Waals surface area contributed by atoms with E-state index in [-0.39, 0.29) is 5.69 Å². The summed E-state index contributed by atoms with van der Waals surface area (Å²) in [6.07, 6.45) is 1.00. The number of hydrogen-bond acceptors (Lipinski definition) is 4. The molecule has 0 unspecified atom stereocenters. The molecule has 2 rings (SSSR count). The molecule has 1 amide bonds. The zero-order valence-electron chi connectivity index (χ0n) is 16.0. The first-order valence-corrected chi connectivity index (χ1v) is 18.4. The second-order valence-electron chi connectivity index (χ2n) is 8.00. The van der Waals surface area contributed by atoms with Gasteiger partial charge in [-0.05, 0) is 20.8 Å². The minimum atomic E-state index is -2.31. The van der Waals surface area contributed by atoms with E-state index in [4.69, 9.17) is 9.47 Å². The molecule has 0 spiro atoms. The third kappa shape index (κ3) is 6.16. The number of ether oxygens (including phenoxy) is 2. The molecule has 0 saturated heterocycles. The van der Waals surface area contributed by atoms with Crippen molar-refractivity contribution in [2.45, 2.75) is 41.2 Å². The van der Waals surface area contributed by atoms with Crippen LogP contribution in [0.5, 0.6) is 11.5 Å². The average molecular weight is 467 g/mol. The number of amides is 1. The van der Waals surface area contributed by atoms with Crippen molar-refractivity contribution >= 4 is 33.9 Å². The zero-order chi connectivity index (χ0) is 19.5. The van der Waals surface area contributed by atoms with Crippen LogP contribution in [0.25, 0.3) is 0 Å². The molecule has 0 aliphatic rings. The Morgan fingerprint density at radius 3 is 2.35 bits per heavy atom. The predicted octanol–water partition coefficient (Wildman–Crippen LogP) is 4.91. The second kappa shape index (κ2) is 7.82. The van der Waals surface area contributed by atoms with E-state index in [9.17, 15) is 9.18 Å². The van der Waals surface area contributed by atoms with Crippen LogP contribution in [-0.2, 0) is 4.74 Å².